The lowest BCUT2D eigenvalue weighted by atomic mass is 10.3. The van der Waals surface area contributed by atoms with Crippen molar-refractivity contribution in [2.45, 2.75) is 9.79 Å². The first-order valence-electron chi connectivity index (χ1n) is 8.57. The van der Waals surface area contributed by atoms with Gasteiger partial charge in [-0.15, -0.1) is 22.7 Å². The molecular weight excluding hydrogens is 424 g/mol. The van der Waals surface area contributed by atoms with Gasteiger partial charge in [-0.25, -0.2) is 9.59 Å². The van der Waals surface area contributed by atoms with Gasteiger partial charge in [0.2, 0.25) is 0 Å². The third kappa shape index (κ3) is 5.14. The molecule has 0 atom stereocenters. The number of ether oxygens (including phenoxy) is 2. The molecule has 4 rings (SSSR count). The van der Waals surface area contributed by atoms with Crippen LogP contribution in [0.25, 0.3) is 0 Å². The average Bonchev–Trinajstić information content (AvgIpc) is 3.45. The molecule has 7 heteroatoms. The fourth-order valence-electron chi connectivity index (χ4n) is 2.39. The molecule has 2 aromatic carbocycles. The van der Waals surface area contributed by atoms with Gasteiger partial charge in [0.25, 0.3) is 0 Å². The molecule has 0 N–H and O–H groups in total. The number of benzene rings is 2. The summed E-state index contributed by atoms with van der Waals surface area (Å²) in [5, 5.41) is 3.68. The largest absolute Gasteiger partial charge is 0.422 e. The summed E-state index contributed by atoms with van der Waals surface area (Å²) in [6, 6.07) is 21.8. The van der Waals surface area contributed by atoms with Crippen LogP contribution in [0.4, 0.5) is 0 Å². The van der Waals surface area contributed by atoms with Crippen molar-refractivity contribution < 1.29 is 19.1 Å². The minimum Gasteiger partial charge on any atom is -0.422 e. The van der Waals surface area contributed by atoms with Crippen LogP contribution in [0.2, 0.25) is 0 Å². The molecule has 0 fully saturated rings. The summed E-state index contributed by atoms with van der Waals surface area (Å²) in [6.45, 7) is 0. The lowest BCUT2D eigenvalue weighted by Crippen LogP contribution is -2.06. The van der Waals surface area contributed by atoms with E-state index in [1.807, 2.05) is 47.2 Å². The van der Waals surface area contributed by atoms with E-state index in [1.54, 1.807) is 48.2 Å². The SMILES string of the molecule is O=C(Oc1ccc(Sc2ccc(OC(=O)c3cccs3)cc2)cc1)c1cccs1. The van der Waals surface area contributed by atoms with Crippen LogP contribution in [0.3, 0.4) is 0 Å². The number of rotatable bonds is 6. The van der Waals surface area contributed by atoms with Crippen molar-refractivity contribution in [3.05, 3.63) is 93.3 Å². The van der Waals surface area contributed by atoms with E-state index in [0.717, 1.165) is 9.79 Å². The monoisotopic (exact) mass is 438 g/mol. The molecule has 0 bridgehead atoms. The molecule has 0 saturated heterocycles. The van der Waals surface area contributed by atoms with Gasteiger partial charge in [-0.2, -0.15) is 0 Å². The maximum absolute atomic E-state index is 12.0. The minimum absolute atomic E-state index is 0.354. The van der Waals surface area contributed by atoms with Gasteiger partial charge in [-0.3, -0.25) is 0 Å². The second-order valence-corrected chi connectivity index (χ2v) is 8.82. The van der Waals surface area contributed by atoms with Crippen molar-refractivity contribution in [1.29, 1.82) is 0 Å². The Bertz CT molecular complexity index is 994. The van der Waals surface area contributed by atoms with Gasteiger partial charge in [0.15, 0.2) is 0 Å². The first kappa shape index (κ1) is 19.4. The van der Waals surface area contributed by atoms with Gasteiger partial charge in [0.05, 0.1) is 0 Å². The van der Waals surface area contributed by atoms with E-state index in [9.17, 15) is 9.59 Å². The number of hydrogen-bond donors (Lipinski definition) is 0. The Morgan fingerprint density at radius 2 is 1.03 bits per heavy atom. The fourth-order valence-corrected chi connectivity index (χ4v) is 4.41. The molecular formula is C22H14O4S3. The zero-order valence-electron chi connectivity index (χ0n) is 14.9. The Labute approximate surface area is 179 Å². The molecule has 2 aromatic heterocycles. The average molecular weight is 439 g/mol. The van der Waals surface area contributed by atoms with Crippen LogP contribution in [0, 0.1) is 0 Å². The molecule has 0 amide bonds. The minimum atomic E-state index is -0.354. The molecule has 0 unspecified atom stereocenters. The number of thiophene rings is 2. The number of esters is 2. The third-order valence-corrected chi connectivity index (χ3v) is 6.46. The molecule has 4 aromatic rings. The highest BCUT2D eigenvalue weighted by Gasteiger charge is 2.11. The van der Waals surface area contributed by atoms with Gasteiger partial charge >= 0.3 is 11.9 Å². The molecule has 4 nitrogen and oxygen atoms in total. The van der Waals surface area contributed by atoms with Gasteiger partial charge in [0.1, 0.15) is 21.3 Å². The zero-order chi connectivity index (χ0) is 20.1. The fraction of sp³-hybridized carbons (Fsp3) is 0. The van der Waals surface area contributed by atoms with Crippen molar-refractivity contribution in [3.8, 4) is 11.5 Å². The topological polar surface area (TPSA) is 52.6 Å². The lowest BCUT2D eigenvalue weighted by molar-refractivity contribution is 0.0730. The Morgan fingerprint density at radius 3 is 1.38 bits per heavy atom. The molecule has 144 valence electrons. The van der Waals surface area contributed by atoms with E-state index in [0.29, 0.717) is 21.3 Å². The second-order valence-electron chi connectivity index (χ2n) is 5.78. The standard InChI is InChI=1S/C22H14O4S3/c23-21(19-3-1-13-27-19)25-15-5-9-17(10-6-15)29-18-11-7-16(8-12-18)26-22(24)20-4-2-14-28-20/h1-14H. The summed E-state index contributed by atoms with van der Waals surface area (Å²) < 4.78 is 10.7. The molecule has 0 aliphatic heterocycles. The first-order chi connectivity index (χ1) is 14.2. The molecule has 0 saturated carbocycles. The lowest BCUT2D eigenvalue weighted by Gasteiger charge is -2.06. The summed E-state index contributed by atoms with van der Waals surface area (Å²) >= 11 is 4.26. The predicted molar refractivity (Wildman–Crippen MR) is 116 cm³/mol. The van der Waals surface area contributed by atoms with Crippen LogP contribution < -0.4 is 9.47 Å². The Balaban J connectivity index is 1.34. The van der Waals surface area contributed by atoms with Crippen molar-refractivity contribution >= 4 is 46.4 Å². The van der Waals surface area contributed by atoms with Gasteiger partial charge in [-0.05, 0) is 71.4 Å². The summed E-state index contributed by atoms with van der Waals surface area (Å²) in [7, 11) is 0. The molecule has 0 aliphatic carbocycles. The van der Waals surface area contributed by atoms with E-state index < -0.39 is 0 Å². The molecule has 2 heterocycles. The van der Waals surface area contributed by atoms with Crippen LogP contribution in [-0.4, -0.2) is 11.9 Å². The quantitative estimate of drug-likeness (QED) is 0.258. The van der Waals surface area contributed by atoms with Crippen molar-refractivity contribution in [2.75, 3.05) is 0 Å². The van der Waals surface area contributed by atoms with E-state index in [4.69, 9.17) is 9.47 Å². The Hall–Kier alpha value is -2.87. The predicted octanol–water partition coefficient (Wildman–Crippen LogP) is 6.40. The normalized spacial score (nSPS) is 10.5. The molecule has 0 radical (unpaired) electrons. The van der Waals surface area contributed by atoms with Gasteiger partial charge in [-0.1, -0.05) is 23.9 Å². The maximum atomic E-state index is 12.0. The van der Waals surface area contributed by atoms with E-state index in [2.05, 4.69) is 0 Å². The van der Waals surface area contributed by atoms with E-state index in [-0.39, 0.29) is 11.9 Å². The number of carbonyl (C=O) groups is 2. The van der Waals surface area contributed by atoms with Crippen LogP contribution in [0.15, 0.2) is 93.3 Å². The highest BCUT2D eigenvalue weighted by molar-refractivity contribution is 7.99. The highest BCUT2D eigenvalue weighted by atomic mass is 32.2. The smallest absolute Gasteiger partial charge is 0.353 e. The number of carbonyl (C=O) groups excluding carboxylic acids is 2. The summed E-state index contributed by atoms with van der Waals surface area (Å²) in [5.41, 5.74) is 0. The molecule has 29 heavy (non-hydrogen) atoms. The molecule has 0 spiro atoms. The maximum Gasteiger partial charge on any atom is 0.353 e. The Kier molecular flexibility index (Phi) is 6.09. The van der Waals surface area contributed by atoms with Crippen LogP contribution in [0.1, 0.15) is 19.3 Å². The Morgan fingerprint density at radius 1 is 0.621 bits per heavy atom. The van der Waals surface area contributed by atoms with Gasteiger partial charge in [0, 0.05) is 9.79 Å². The van der Waals surface area contributed by atoms with E-state index >= 15 is 0 Å². The summed E-state index contributed by atoms with van der Waals surface area (Å²) in [6.07, 6.45) is 0. The summed E-state index contributed by atoms with van der Waals surface area (Å²) in [4.78, 5) is 27.1. The first-order valence-corrected chi connectivity index (χ1v) is 11.1. The van der Waals surface area contributed by atoms with Crippen molar-refractivity contribution in [3.63, 3.8) is 0 Å². The van der Waals surface area contributed by atoms with E-state index in [1.165, 1.54) is 22.7 Å². The zero-order valence-corrected chi connectivity index (χ0v) is 17.4. The highest BCUT2D eigenvalue weighted by Crippen LogP contribution is 2.30. The van der Waals surface area contributed by atoms with Crippen molar-refractivity contribution in [2.24, 2.45) is 0 Å². The summed E-state index contributed by atoms with van der Waals surface area (Å²) in [5.74, 6) is 0.299. The van der Waals surface area contributed by atoms with Crippen LogP contribution in [0.5, 0.6) is 11.5 Å². The third-order valence-electron chi connectivity index (χ3n) is 3.75. The number of hydrogen-bond acceptors (Lipinski definition) is 7. The molecule has 0 aliphatic rings. The van der Waals surface area contributed by atoms with Crippen molar-refractivity contribution in [1.82, 2.24) is 0 Å². The van der Waals surface area contributed by atoms with Crippen LogP contribution >= 0.6 is 34.4 Å². The van der Waals surface area contributed by atoms with Gasteiger partial charge < -0.3 is 9.47 Å². The van der Waals surface area contributed by atoms with Crippen LogP contribution in [-0.2, 0) is 0 Å². The second kappa shape index (κ2) is 9.09.